The molecule has 1 N–H and O–H groups in total. The molecule has 0 spiro atoms. The van der Waals surface area contributed by atoms with Crippen molar-refractivity contribution in [2.24, 2.45) is 0 Å². The highest BCUT2D eigenvalue weighted by Gasteiger charge is 2.22. The molecule has 114 valence electrons. The van der Waals surface area contributed by atoms with E-state index in [0.29, 0.717) is 18.8 Å². The van der Waals surface area contributed by atoms with Crippen molar-refractivity contribution in [3.05, 3.63) is 29.3 Å². The van der Waals surface area contributed by atoms with Crippen LogP contribution in [0.1, 0.15) is 37.9 Å². The van der Waals surface area contributed by atoms with Crippen molar-refractivity contribution < 1.29 is 9.53 Å². The zero-order valence-corrected chi connectivity index (χ0v) is 12.0. The van der Waals surface area contributed by atoms with Crippen molar-refractivity contribution >= 4 is 6.09 Å². The van der Waals surface area contributed by atoms with E-state index < -0.39 is 0 Å². The first-order chi connectivity index (χ1) is 9.65. The summed E-state index contributed by atoms with van der Waals surface area (Å²) in [6, 6.07) is 6.08. The molecule has 1 unspecified atom stereocenters. The number of benzene rings is 1. The number of hydrogen-bond donors (Lipinski definition) is 1. The molecular weight excluding hydrogens is 264 g/mol. The molecule has 0 heterocycles. The summed E-state index contributed by atoms with van der Waals surface area (Å²) in [5.41, 5.74) is 2.48. The molecule has 2 rings (SSSR count). The van der Waals surface area contributed by atoms with E-state index in [0.717, 1.165) is 12.8 Å². The molecule has 0 bridgehead atoms. The lowest BCUT2D eigenvalue weighted by molar-refractivity contribution is 0.165. The van der Waals surface area contributed by atoms with Crippen LogP contribution in [0.2, 0.25) is 0 Å². The molecule has 1 aromatic rings. The zero-order valence-electron chi connectivity index (χ0n) is 12.0. The second-order valence-electron chi connectivity index (χ2n) is 4.92. The highest BCUT2D eigenvalue weighted by molar-refractivity contribution is 5.70. The number of carbonyl (C=O) groups excluding carboxylic acids is 1. The number of nitrogens with one attached hydrogen (secondary N) is 1. The Bertz CT molecular complexity index is 534. The summed E-state index contributed by atoms with van der Waals surface area (Å²) in [6.45, 7) is 3.08. The molecule has 1 aliphatic carbocycles. The van der Waals surface area contributed by atoms with Crippen LogP contribution < -0.4 is 10.1 Å². The van der Waals surface area contributed by atoms with E-state index in [9.17, 15) is 4.79 Å². The Balaban J connectivity index is 0.00000220. The molecule has 1 amide bonds. The number of fused-ring (bicyclic) bond motifs is 1. The van der Waals surface area contributed by atoms with E-state index in [1.54, 1.807) is 7.05 Å². The molecular formula is C17H24N2O2. The number of rotatable bonds is 4. The van der Waals surface area contributed by atoms with Gasteiger partial charge >= 0.3 is 6.09 Å². The number of terminal acetylenes is 1. The van der Waals surface area contributed by atoms with Gasteiger partial charge in [0.1, 0.15) is 5.75 Å². The minimum atomic E-state index is -0.335. The van der Waals surface area contributed by atoms with Gasteiger partial charge in [-0.25, -0.2) is 4.79 Å². The largest absolute Gasteiger partial charge is 0.414 e. The van der Waals surface area contributed by atoms with E-state index in [1.165, 1.54) is 16.0 Å². The lowest BCUT2D eigenvalue weighted by Gasteiger charge is -2.16. The molecule has 1 atom stereocenters. The minimum Gasteiger partial charge on any atom is -0.410 e. The van der Waals surface area contributed by atoms with Crippen LogP contribution in [-0.4, -0.2) is 31.1 Å². The monoisotopic (exact) mass is 288 g/mol. The predicted molar refractivity (Wildman–Crippen MR) is 85.4 cm³/mol. The first-order valence-corrected chi connectivity index (χ1v) is 6.88. The Kier molecular flexibility index (Phi) is 6.26. The molecule has 0 aliphatic heterocycles. The number of aryl methyl sites for hydroxylation is 1. The second kappa shape index (κ2) is 7.70. The van der Waals surface area contributed by atoms with Gasteiger partial charge in [0, 0.05) is 19.6 Å². The maximum atomic E-state index is 11.8. The summed E-state index contributed by atoms with van der Waals surface area (Å²) in [6.07, 6.45) is 7.01. The van der Waals surface area contributed by atoms with E-state index in [1.807, 2.05) is 25.1 Å². The molecule has 1 aliphatic rings. The second-order valence-corrected chi connectivity index (χ2v) is 4.92. The fraction of sp³-hybridized carbons (Fsp3) is 0.471. The van der Waals surface area contributed by atoms with Crippen LogP contribution >= 0.6 is 0 Å². The number of nitrogens with zero attached hydrogens (tertiary/aromatic N) is 1. The van der Waals surface area contributed by atoms with Gasteiger partial charge in [-0.05, 0) is 43.0 Å². The summed E-state index contributed by atoms with van der Waals surface area (Å²) in [5, 5.41) is 3.31. The quantitative estimate of drug-likeness (QED) is 0.866. The SMILES string of the molecule is C.C#CCNC1CCc2ccc(OC(=O)N(C)CC)cc21. The molecule has 0 saturated heterocycles. The Labute approximate surface area is 127 Å². The van der Waals surface area contributed by atoms with Crippen molar-refractivity contribution in [1.82, 2.24) is 10.2 Å². The highest BCUT2D eigenvalue weighted by Crippen LogP contribution is 2.33. The molecule has 0 fully saturated rings. The fourth-order valence-corrected chi connectivity index (χ4v) is 2.35. The average molecular weight is 288 g/mol. The van der Waals surface area contributed by atoms with Crippen LogP contribution in [0.25, 0.3) is 0 Å². The van der Waals surface area contributed by atoms with Crippen molar-refractivity contribution in [3.63, 3.8) is 0 Å². The third-order valence-electron chi connectivity index (χ3n) is 3.64. The summed E-state index contributed by atoms with van der Waals surface area (Å²) in [5.74, 6) is 3.18. The van der Waals surface area contributed by atoms with Crippen LogP contribution in [-0.2, 0) is 6.42 Å². The van der Waals surface area contributed by atoms with Gasteiger partial charge in [-0.2, -0.15) is 0 Å². The summed E-state index contributed by atoms with van der Waals surface area (Å²) in [7, 11) is 1.72. The number of amides is 1. The molecule has 21 heavy (non-hydrogen) atoms. The molecule has 0 radical (unpaired) electrons. The summed E-state index contributed by atoms with van der Waals surface area (Å²) < 4.78 is 5.36. The first kappa shape index (κ1) is 17.1. The third kappa shape index (κ3) is 3.99. The minimum absolute atomic E-state index is 0. The van der Waals surface area contributed by atoms with Crippen LogP contribution in [0.4, 0.5) is 4.79 Å². The van der Waals surface area contributed by atoms with Crippen LogP contribution in [0, 0.1) is 12.3 Å². The Morgan fingerprint density at radius 3 is 3.00 bits per heavy atom. The summed E-state index contributed by atoms with van der Waals surface area (Å²) >= 11 is 0. The molecule has 0 aromatic heterocycles. The van der Waals surface area contributed by atoms with Gasteiger partial charge in [0.25, 0.3) is 0 Å². The Morgan fingerprint density at radius 1 is 1.57 bits per heavy atom. The standard InChI is InChI=1S/C16H20N2O2.CH4/c1-4-10-17-15-9-7-12-6-8-13(11-14(12)15)20-16(19)18(3)5-2;/h1,6,8,11,15,17H,5,7,9-10H2,2-3H3;1H4. The molecule has 1 aromatic carbocycles. The maximum Gasteiger partial charge on any atom is 0.414 e. The van der Waals surface area contributed by atoms with Gasteiger partial charge in [0.2, 0.25) is 0 Å². The van der Waals surface area contributed by atoms with Gasteiger partial charge in [-0.3, -0.25) is 5.32 Å². The van der Waals surface area contributed by atoms with Crippen LogP contribution in [0.15, 0.2) is 18.2 Å². The van der Waals surface area contributed by atoms with Crippen molar-refractivity contribution in [3.8, 4) is 18.1 Å². The molecule has 4 heteroatoms. The average Bonchev–Trinajstić information content (AvgIpc) is 2.86. The van der Waals surface area contributed by atoms with E-state index >= 15 is 0 Å². The summed E-state index contributed by atoms with van der Waals surface area (Å²) in [4.78, 5) is 13.3. The van der Waals surface area contributed by atoms with Gasteiger partial charge in [0.15, 0.2) is 0 Å². The normalized spacial score (nSPS) is 15.6. The zero-order chi connectivity index (χ0) is 14.5. The van der Waals surface area contributed by atoms with Gasteiger partial charge in [-0.15, -0.1) is 6.42 Å². The number of ether oxygens (including phenoxy) is 1. The van der Waals surface area contributed by atoms with Crippen molar-refractivity contribution in [2.45, 2.75) is 33.2 Å². The van der Waals surface area contributed by atoms with Crippen molar-refractivity contribution in [1.29, 1.82) is 0 Å². The first-order valence-electron chi connectivity index (χ1n) is 6.88. The maximum absolute atomic E-state index is 11.8. The van der Waals surface area contributed by atoms with E-state index in [4.69, 9.17) is 11.2 Å². The predicted octanol–water partition coefficient (Wildman–Crippen LogP) is 2.98. The number of carbonyl (C=O) groups is 1. The van der Waals surface area contributed by atoms with Crippen LogP contribution in [0.5, 0.6) is 5.75 Å². The van der Waals surface area contributed by atoms with Crippen LogP contribution in [0.3, 0.4) is 0 Å². The topological polar surface area (TPSA) is 41.6 Å². The van der Waals surface area contributed by atoms with E-state index in [2.05, 4.69) is 11.2 Å². The highest BCUT2D eigenvalue weighted by atomic mass is 16.6. The lowest BCUT2D eigenvalue weighted by atomic mass is 10.1. The van der Waals surface area contributed by atoms with Gasteiger partial charge < -0.3 is 9.64 Å². The van der Waals surface area contributed by atoms with Gasteiger partial charge in [-0.1, -0.05) is 19.4 Å². The van der Waals surface area contributed by atoms with Crippen molar-refractivity contribution in [2.75, 3.05) is 20.1 Å². The molecule has 4 nitrogen and oxygen atoms in total. The number of hydrogen-bond acceptors (Lipinski definition) is 3. The lowest BCUT2D eigenvalue weighted by Crippen LogP contribution is -2.29. The Morgan fingerprint density at radius 2 is 2.33 bits per heavy atom. The molecule has 0 saturated carbocycles. The third-order valence-corrected chi connectivity index (χ3v) is 3.64. The fourth-order valence-electron chi connectivity index (χ4n) is 2.35. The Hall–Kier alpha value is -1.99. The smallest absolute Gasteiger partial charge is 0.410 e. The van der Waals surface area contributed by atoms with E-state index in [-0.39, 0.29) is 19.6 Å². The van der Waals surface area contributed by atoms with Gasteiger partial charge in [0.05, 0.1) is 6.54 Å².